The molecular formula is C15H22F2N2O3S. The van der Waals surface area contributed by atoms with Gasteiger partial charge in [-0.3, -0.25) is 9.10 Å². The van der Waals surface area contributed by atoms with Gasteiger partial charge in [0.25, 0.3) is 0 Å². The minimum Gasteiger partial charge on any atom is -0.352 e. The molecule has 0 heterocycles. The Hall–Kier alpha value is -1.70. The molecule has 130 valence electrons. The number of halogens is 2. The number of sulfonamides is 1. The van der Waals surface area contributed by atoms with E-state index in [0.717, 1.165) is 28.8 Å². The van der Waals surface area contributed by atoms with Gasteiger partial charge in [-0.05, 0) is 31.9 Å². The monoisotopic (exact) mass is 348 g/mol. The van der Waals surface area contributed by atoms with Crippen LogP contribution >= 0.6 is 0 Å². The van der Waals surface area contributed by atoms with Crippen LogP contribution in [0, 0.1) is 17.6 Å². The summed E-state index contributed by atoms with van der Waals surface area (Å²) >= 11 is 0. The van der Waals surface area contributed by atoms with Crippen LogP contribution in [0.5, 0.6) is 0 Å². The van der Waals surface area contributed by atoms with Gasteiger partial charge in [-0.1, -0.05) is 13.8 Å². The lowest BCUT2D eigenvalue weighted by Gasteiger charge is -2.29. The first-order chi connectivity index (χ1) is 10.4. The average Bonchev–Trinajstić information content (AvgIpc) is 2.41. The number of amides is 1. The number of rotatable bonds is 6. The topological polar surface area (TPSA) is 66.5 Å². The molecule has 0 saturated carbocycles. The molecule has 0 aliphatic rings. The average molecular weight is 348 g/mol. The Kier molecular flexibility index (Phi) is 6.10. The van der Waals surface area contributed by atoms with Gasteiger partial charge in [-0.25, -0.2) is 17.2 Å². The van der Waals surface area contributed by atoms with Gasteiger partial charge < -0.3 is 5.32 Å². The first kappa shape index (κ1) is 19.3. The summed E-state index contributed by atoms with van der Waals surface area (Å²) < 4.78 is 51.3. The fourth-order valence-corrected chi connectivity index (χ4v) is 3.11. The largest absolute Gasteiger partial charge is 0.352 e. The highest BCUT2D eigenvalue weighted by atomic mass is 32.2. The number of benzene rings is 1. The zero-order valence-electron chi connectivity index (χ0n) is 13.8. The minimum absolute atomic E-state index is 0.105. The molecular weight excluding hydrogens is 326 g/mol. The van der Waals surface area contributed by atoms with Gasteiger partial charge in [-0.15, -0.1) is 0 Å². The third-order valence-electron chi connectivity index (χ3n) is 3.62. The van der Waals surface area contributed by atoms with E-state index in [1.165, 1.54) is 6.92 Å². The van der Waals surface area contributed by atoms with Crippen molar-refractivity contribution in [3.8, 4) is 0 Å². The smallest absolute Gasteiger partial charge is 0.243 e. The molecule has 1 aromatic rings. The maximum absolute atomic E-state index is 13.4. The van der Waals surface area contributed by atoms with Crippen LogP contribution in [-0.4, -0.2) is 32.7 Å². The number of hydrogen-bond acceptors (Lipinski definition) is 3. The van der Waals surface area contributed by atoms with E-state index in [1.54, 1.807) is 6.92 Å². The molecule has 1 N–H and O–H groups in total. The van der Waals surface area contributed by atoms with E-state index < -0.39 is 33.6 Å². The van der Waals surface area contributed by atoms with Crippen molar-refractivity contribution in [1.29, 1.82) is 0 Å². The van der Waals surface area contributed by atoms with Crippen molar-refractivity contribution in [2.75, 3.05) is 10.6 Å². The summed E-state index contributed by atoms with van der Waals surface area (Å²) in [5, 5.41) is 2.71. The summed E-state index contributed by atoms with van der Waals surface area (Å²) in [4.78, 5) is 12.3. The van der Waals surface area contributed by atoms with Crippen LogP contribution in [0.4, 0.5) is 14.5 Å². The first-order valence-electron chi connectivity index (χ1n) is 7.20. The first-order valence-corrected chi connectivity index (χ1v) is 9.04. The van der Waals surface area contributed by atoms with E-state index in [4.69, 9.17) is 0 Å². The Bertz CT molecular complexity index is 677. The number of carbonyl (C=O) groups is 1. The van der Waals surface area contributed by atoms with E-state index in [2.05, 4.69) is 5.32 Å². The molecule has 0 bridgehead atoms. The Morgan fingerprint density at radius 3 is 2.13 bits per heavy atom. The predicted molar refractivity (Wildman–Crippen MR) is 85.6 cm³/mol. The van der Waals surface area contributed by atoms with E-state index in [0.29, 0.717) is 0 Å². The van der Waals surface area contributed by atoms with Gasteiger partial charge in [0.15, 0.2) is 11.6 Å². The summed E-state index contributed by atoms with van der Waals surface area (Å²) in [6, 6.07) is 1.44. The molecule has 0 radical (unpaired) electrons. The molecule has 0 fully saturated rings. The molecule has 0 aliphatic carbocycles. The Labute approximate surface area is 135 Å². The van der Waals surface area contributed by atoms with E-state index in [1.807, 2.05) is 13.8 Å². The third-order valence-corrected chi connectivity index (χ3v) is 4.86. The molecule has 0 spiro atoms. The van der Waals surface area contributed by atoms with Crippen molar-refractivity contribution in [2.24, 2.45) is 5.92 Å². The van der Waals surface area contributed by atoms with E-state index in [9.17, 15) is 22.0 Å². The third kappa shape index (κ3) is 4.89. The standard InChI is InChI=1S/C15H22F2N2O3S/c1-9(2)10(3)18-15(20)11(4)19(23(5,21)22)12-6-7-13(16)14(17)8-12/h6-11H,1-5H3,(H,18,20)/t10-,11+/m0/s1. The predicted octanol–water partition coefficient (Wildman–Crippen LogP) is 2.28. The Morgan fingerprint density at radius 2 is 1.70 bits per heavy atom. The van der Waals surface area contributed by atoms with Gasteiger partial charge in [0.05, 0.1) is 11.9 Å². The maximum atomic E-state index is 13.4. The number of nitrogens with zero attached hydrogens (tertiary/aromatic N) is 1. The van der Waals surface area contributed by atoms with Crippen LogP contribution in [0.1, 0.15) is 27.7 Å². The van der Waals surface area contributed by atoms with Crippen LogP contribution in [0.15, 0.2) is 18.2 Å². The second-order valence-corrected chi connectivity index (χ2v) is 7.73. The Morgan fingerprint density at radius 1 is 1.13 bits per heavy atom. The van der Waals surface area contributed by atoms with Gasteiger partial charge in [0, 0.05) is 12.1 Å². The van der Waals surface area contributed by atoms with E-state index in [-0.39, 0.29) is 17.6 Å². The lowest BCUT2D eigenvalue weighted by molar-refractivity contribution is -0.122. The minimum atomic E-state index is -3.86. The maximum Gasteiger partial charge on any atom is 0.243 e. The van der Waals surface area contributed by atoms with Gasteiger partial charge in [0.1, 0.15) is 6.04 Å². The van der Waals surface area contributed by atoms with E-state index >= 15 is 0 Å². The molecule has 0 aliphatic heterocycles. The fourth-order valence-electron chi connectivity index (χ4n) is 1.94. The van der Waals surface area contributed by atoms with Gasteiger partial charge in [-0.2, -0.15) is 0 Å². The zero-order valence-corrected chi connectivity index (χ0v) is 14.6. The molecule has 0 aromatic heterocycles. The molecule has 0 saturated heterocycles. The summed E-state index contributed by atoms with van der Waals surface area (Å²) in [5.74, 6) is -2.62. The van der Waals surface area contributed by atoms with Crippen LogP contribution in [-0.2, 0) is 14.8 Å². The van der Waals surface area contributed by atoms with Crippen molar-refractivity contribution in [2.45, 2.75) is 39.8 Å². The molecule has 5 nitrogen and oxygen atoms in total. The summed E-state index contributed by atoms with van der Waals surface area (Å²) in [5.41, 5.74) is -0.105. The van der Waals surface area contributed by atoms with Crippen molar-refractivity contribution >= 4 is 21.6 Å². The second-order valence-electron chi connectivity index (χ2n) is 5.87. The highest BCUT2D eigenvalue weighted by Crippen LogP contribution is 2.23. The van der Waals surface area contributed by atoms with Crippen LogP contribution < -0.4 is 9.62 Å². The van der Waals surface area contributed by atoms with Crippen molar-refractivity contribution < 1.29 is 22.0 Å². The summed E-state index contributed by atoms with van der Waals surface area (Å²) in [6.45, 7) is 7.03. The van der Waals surface area contributed by atoms with Gasteiger partial charge >= 0.3 is 0 Å². The lowest BCUT2D eigenvalue weighted by atomic mass is 10.1. The summed E-state index contributed by atoms with van der Waals surface area (Å²) in [6.07, 6.45) is 0.907. The quantitative estimate of drug-likeness (QED) is 0.858. The number of carbonyl (C=O) groups excluding carboxylic acids is 1. The fraction of sp³-hybridized carbons (Fsp3) is 0.533. The lowest BCUT2D eigenvalue weighted by Crippen LogP contribution is -2.50. The van der Waals surface area contributed by atoms with Gasteiger partial charge in [0.2, 0.25) is 15.9 Å². The highest BCUT2D eigenvalue weighted by Gasteiger charge is 2.30. The molecule has 1 aromatic carbocycles. The zero-order chi connectivity index (χ0) is 17.9. The SMILES string of the molecule is CC(C)[C@H](C)NC(=O)[C@@H](C)N(c1ccc(F)c(F)c1)S(C)(=O)=O. The van der Waals surface area contributed by atoms with Crippen LogP contribution in [0.25, 0.3) is 0 Å². The second kappa shape index (κ2) is 7.25. The van der Waals surface area contributed by atoms with Crippen LogP contribution in [0.2, 0.25) is 0 Å². The van der Waals surface area contributed by atoms with Crippen molar-refractivity contribution in [3.05, 3.63) is 29.8 Å². The normalized spacial score (nSPS) is 14.4. The molecule has 1 amide bonds. The molecule has 1 rings (SSSR count). The molecule has 0 unspecified atom stereocenters. The van der Waals surface area contributed by atoms with Crippen LogP contribution in [0.3, 0.4) is 0 Å². The number of hydrogen-bond donors (Lipinski definition) is 1. The molecule has 23 heavy (non-hydrogen) atoms. The molecule has 2 atom stereocenters. The Balaban J connectivity index is 3.17. The number of nitrogens with one attached hydrogen (secondary N) is 1. The summed E-state index contributed by atoms with van der Waals surface area (Å²) in [7, 11) is -3.86. The molecule has 8 heteroatoms. The number of anilines is 1. The highest BCUT2D eigenvalue weighted by molar-refractivity contribution is 7.92. The van der Waals surface area contributed by atoms with Crippen molar-refractivity contribution in [1.82, 2.24) is 5.32 Å². The van der Waals surface area contributed by atoms with Crippen molar-refractivity contribution in [3.63, 3.8) is 0 Å².